The normalized spacial score (nSPS) is 14.6. The number of pyridine rings is 1. The number of aromatic nitrogens is 2. The van der Waals surface area contributed by atoms with Crippen LogP contribution >= 0.6 is 11.3 Å². The van der Waals surface area contributed by atoms with Crippen LogP contribution in [0.3, 0.4) is 0 Å². The first-order valence-electron chi connectivity index (χ1n) is 9.21. The van der Waals surface area contributed by atoms with E-state index in [1.807, 2.05) is 24.3 Å². The summed E-state index contributed by atoms with van der Waals surface area (Å²) in [5, 5.41) is 11.0. The summed E-state index contributed by atoms with van der Waals surface area (Å²) in [6.07, 6.45) is 1.51. The molecule has 3 heterocycles. The van der Waals surface area contributed by atoms with Gasteiger partial charge in [-0.2, -0.15) is 5.26 Å². The van der Waals surface area contributed by atoms with Crippen molar-refractivity contribution in [1.82, 2.24) is 19.8 Å². The third-order valence-corrected chi connectivity index (χ3v) is 5.68. The van der Waals surface area contributed by atoms with Crippen LogP contribution in [0.4, 0.5) is 4.39 Å². The molecule has 0 bridgehead atoms. The van der Waals surface area contributed by atoms with Gasteiger partial charge in [-0.1, -0.05) is 12.1 Å². The molecule has 1 aromatic carbocycles. The number of nitriles is 1. The Morgan fingerprint density at radius 3 is 2.62 bits per heavy atom. The molecule has 6 nitrogen and oxygen atoms in total. The number of piperazine rings is 1. The molecule has 29 heavy (non-hydrogen) atoms. The summed E-state index contributed by atoms with van der Waals surface area (Å²) < 4.78 is 13.9. The molecular weight excluding hydrogens is 389 g/mol. The lowest BCUT2D eigenvalue weighted by atomic mass is 10.1. The van der Waals surface area contributed by atoms with Gasteiger partial charge in [0.1, 0.15) is 16.4 Å². The number of benzene rings is 1. The maximum atomic E-state index is 13.9. The van der Waals surface area contributed by atoms with Crippen molar-refractivity contribution in [1.29, 1.82) is 5.26 Å². The summed E-state index contributed by atoms with van der Waals surface area (Å²) in [7, 11) is 0. The molecule has 4 rings (SSSR count). The zero-order chi connectivity index (χ0) is 20.2. The molecule has 1 saturated heterocycles. The predicted octanol–water partition coefficient (Wildman–Crippen LogP) is 3.17. The van der Waals surface area contributed by atoms with E-state index in [9.17, 15) is 9.18 Å². The molecule has 1 fully saturated rings. The van der Waals surface area contributed by atoms with E-state index in [-0.39, 0.29) is 11.6 Å². The summed E-state index contributed by atoms with van der Waals surface area (Å²) in [4.78, 5) is 25.2. The average Bonchev–Trinajstić information content (AvgIpc) is 3.25. The Balaban J connectivity index is 1.35. The molecule has 0 unspecified atom stereocenters. The largest absolute Gasteiger partial charge is 0.335 e. The highest BCUT2D eigenvalue weighted by Crippen LogP contribution is 2.25. The number of thiazole rings is 1. The van der Waals surface area contributed by atoms with E-state index in [1.165, 1.54) is 29.7 Å². The van der Waals surface area contributed by atoms with Gasteiger partial charge >= 0.3 is 0 Å². The number of carbonyl (C=O) groups excluding carboxylic acids is 1. The van der Waals surface area contributed by atoms with E-state index in [0.717, 1.165) is 25.2 Å². The molecule has 0 saturated carbocycles. The van der Waals surface area contributed by atoms with Crippen LogP contribution in [0.15, 0.2) is 48.0 Å². The van der Waals surface area contributed by atoms with Gasteiger partial charge in [0.2, 0.25) is 0 Å². The lowest BCUT2D eigenvalue weighted by Gasteiger charge is -2.34. The first-order valence-corrected chi connectivity index (χ1v) is 10.1. The van der Waals surface area contributed by atoms with E-state index in [4.69, 9.17) is 5.26 Å². The smallest absolute Gasteiger partial charge is 0.273 e. The van der Waals surface area contributed by atoms with Crippen LogP contribution in [0.5, 0.6) is 0 Å². The zero-order valence-corrected chi connectivity index (χ0v) is 16.4. The Hall–Kier alpha value is -3.15. The highest BCUT2D eigenvalue weighted by atomic mass is 32.1. The van der Waals surface area contributed by atoms with Gasteiger partial charge in [-0.15, -0.1) is 11.3 Å². The number of rotatable bonds is 4. The predicted molar refractivity (Wildman–Crippen MR) is 108 cm³/mol. The summed E-state index contributed by atoms with van der Waals surface area (Å²) in [6, 6.07) is 12.5. The van der Waals surface area contributed by atoms with Gasteiger partial charge < -0.3 is 4.90 Å². The Labute approximate surface area is 171 Å². The van der Waals surface area contributed by atoms with Crippen LogP contribution in [0, 0.1) is 17.1 Å². The number of nitrogens with zero attached hydrogens (tertiary/aromatic N) is 5. The maximum Gasteiger partial charge on any atom is 0.273 e. The van der Waals surface area contributed by atoms with Crippen molar-refractivity contribution < 1.29 is 9.18 Å². The van der Waals surface area contributed by atoms with Crippen LogP contribution in [0.2, 0.25) is 0 Å². The molecule has 0 radical (unpaired) electrons. The van der Waals surface area contributed by atoms with Crippen LogP contribution in [0.1, 0.15) is 21.6 Å². The third kappa shape index (κ3) is 4.31. The Bertz CT molecular complexity index is 1050. The first kappa shape index (κ1) is 19.2. The number of carbonyl (C=O) groups is 1. The first-order chi connectivity index (χ1) is 14.1. The van der Waals surface area contributed by atoms with Crippen molar-refractivity contribution in [3.05, 3.63) is 70.6 Å². The molecule has 2 aromatic heterocycles. The topological polar surface area (TPSA) is 73.1 Å². The second-order valence-electron chi connectivity index (χ2n) is 6.75. The van der Waals surface area contributed by atoms with Crippen LogP contribution < -0.4 is 0 Å². The molecule has 3 aromatic rings. The van der Waals surface area contributed by atoms with Gasteiger partial charge in [-0.3, -0.25) is 14.7 Å². The number of hydrogen-bond donors (Lipinski definition) is 0. The average molecular weight is 407 g/mol. The van der Waals surface area contributed by atoms with Crippen molar-refractivity contribution >= 4 is 17.2 Å². The second kappa shape index (κ2) is 8.47. The number of amides is 1. The summed E-state index contributed by atoms with van der Waals surface area (Å²) in [5.74, 6) is -0.584. The molecule has 1 aliphatic heterocycles. The monoisotopic (exact) mass is 407 g/mol. The Morgan fingerprint density at radius 1 is 1.17 bits per heavy atom. The molecular formula is C21H18FN5OS. The molecule has 146 valence electrons. The highest BCUT2D eigenvalue weighted by Gasteiger charge is 2.24. The van der Waals surface area contributed by atoms with E-state index in [0.29, 0.717) is 29.4 Å². The lowest BCUT2D eigenvalue weighted by Crippen LogP contribution is -2.48. The summed E-state index contributed by atoms with van der Waals surface area (Å²) >= 11 is 1.22. The Kier molecular flexibility index (Phi) is 5.60. The zero-order valence-electron chi connectivity index (χ0n) is 15.6. The van der Waals surface area contributed by atoms with Gasteiger partial charge in [0, 0.05) is 44.3 Å². The van der Waals surface area contributed by atoms with Crippen molar-refractivity contribution in [3.63, 3.8) is 0 Å². The second-order valence-corrected chi connectivity index (χ2v) is 7.61. The molecule has 1 amide bonds. The summed E-state index contributed by atoms with van der Waals surface area (Å²) in [6.45, 7) is 3.53. The fourth-order valence-corrected chi connectivity index (χ4v) is 4.03. The maximum absolute atomic E-state index is 13.9. The Morgan fingerprint density at radius 2 is 1.93 bits per heavy atom. The molecule has 0 aliphatic carbocycles. The van der Waals surface area contributed by atoms with Crippen LogP contribution in [0.25, 0.3) is 10.7 Å². The standard InChI is InChI=1S/C21H18FN5OS/c22-17-2-1-7-24-19(17)20-25-18(14-29-20)21(28)27-10-8-26(9-11-27)13-16-5-3-15(12-23)4-6-16/h1-7,14H,8-11,13H2. The van der Waals surface area contributed by atoms with E-state index < -0.39 is 5.82 Å². The van der Waals surface area contributed by atoms with Crippen molar-refractivity contribution in [2.24, 2.45) is 0 Å². The molecule has 0 N–H and O–H groups in total. The van der Waals surface area contributed by atoms with Crippen LogP contribution in [-0.2, 0) is 6.54 Å². The fraction of sp³-hybridized carbons (Fsp3) is 0.238. The minimum atomic E-state index is -0.447. The molecule has 8 heteroatoms. The van der Waals surface area contributed by atoms with Crippen molar-refractivity contribution in [2.75, 3.05) is 26.2 Å². The number of halogens is 1. The van der Waals surface area contributed by atoms with Gasteiger partial charge in [0.15, 0.2) is 5.82 Å². The van der Waals surface area contributed by atoms with Crippen LogP contribution in [-0.4, -0.2) is 51.9 Å². The van der Waals surface area contributed by atoms with Crippen molar-refractivity contribution in [2.45, 2.75) is 6.54 Å². The highest BCUT2D eigenvalue weighted by molar-refractivity contribution is 7.13. The SMILES string of the molecule is N#Cc1ccc(CN2CCN(C(=O)c3csc(-c4ncccc4F)n3)CC2)cc1. The van der Waals surface area contributed by atoms with Gasteiger partial charge in [0.25, 0.3) is 5.91 Å². The quantitative estimate of drug-likeness (QED) is 0.664. The van der Waals surface area contributed by atoms with E-state index >= 15 is 0 Å². The summed E-state index contributed by atoms with van der Waals surface area (Å²) in [5.41, 5.74) is 2.29. The van der Waals surface area contributed by atoms with Crippen molar-refractivity contribution in [3.8, 4) is 16.8 Å². The van der Waals surface area contributed by atoms with E-state index in [1.54, 1.807) is 10.3 Å². The molecule has 1 aliphatic rings. The lowest BCUT2D eigenvalue weighted by molar-refractivity contribution is 0.0623. The molecule has 0 spiro atoms. The van der Waals surface area contributed by atoms with E-state index in [2.05, 4.69) is 20.9 Å². The van der Waals surface area contributed by atoms with Gasteiger partial charge in [-0.25, -0.2) is 9.37 Å². The minimum absolute atomic E-state index is 0.137. The van der Waals surface area contributed by atoms with Gasteiger partial charge in [0.05, 0.1) is 11.6 Å². The minimum Gasteiger partial charge on any atom is -0.335 e. The third-order valence-electron chi connectivity index (χ3n) is 4.83. The fourth-order valence-electron chi connectivity index (χ4n) is 3.24. The van der Waals surface area contributed by atoms with Gasteiger partial charge in [-0.05, 0) is 29.8 Å². The molecule has 0 atom stereocenters. The number of hydrogen-bond acceptors (Lipinski definition) is 6.